The molecule has 1 aromatic carbocycles. The highest BCUT2D eigenvalue weighted by Gasteiger charge is 2.02. The maximum atomic E-state index is 2.26. The molecule has 1 nitrogen and oxygen atoms in total. The van der Waals surface area contributed by atoms with Gasteiger partial charge >= 0.3 is 0 Å². The lowest BCUT2D eigenvalue weighted by atomic mass is 10.1. The van der Waals surface area contributed by atoms with E-state index in [0.717, 1.165) is 6.42 Å². The first-order valence-corrected chi connectivity index (χ1v) is 6.03. The van der Waals surface area contributed by atoms with Gasteiger partial charge < -0.3 is 4.40 Å². The summed E-state index contributed by atoms with van der Waals surface area (Å²) in [5.41, 5.74) is 5.20. The number of hydrogen-bond donors (Lipinski definition) is 0. The van der Waals surface area contributed by atoms with E-state index >= 15 is 0 Å². The first-order chi connectivity index (χ1) is 8.36. The largest absolute Gasteiger partial charge is 0.323 e. The zero-order valence-corrected chi connectivity index (χ0v) is 9.93. The van der Waals surface area contributed by atoms with Crippen molar-refractivity contribution in [1.29, 1.82) is 0 Å². The van der Waals surface area contributed by atoms with E-state index in [1.807, 2.05) is 0 Å². The van der Waals surface area contributed by atoms with Gasteiger partial charge in [-0.05, 0) is 35.7 Å². The van der Waals surface area contributed by atoms with Crippen molar-refractivity contribution < 1.29 is 0 Å². The van der Waals surface area contributed by atoms with Gasteiger partial charge in [0.1, 0.15) is 0 Å². The molecule has 3 rings (SSSR count). The molecular weight excluding hydrogens is 206 g/mol. The van der Waals surface area contributed by atoms with Crippen LogP contribution in [0.25, 0.3) is 16.6 Å². The smallest absolute Gasteiger partial charge is 0.0459 e. The van der Waals surface area contributed by atoms with Gasteiger partial charge in [-0.2, -0.15) is 0 Å². The van der Waals surface area contributed by atoms with Crippen LogP contribution in [0.3, 0.4) is 0 Å². The summed E-state index contributed by atoms with van der Waals surface area (Å²) >= 11 is 0. The first-order valence-electron chi connectivity index (χ1n) is 6.03. The Morgan fingerprint density at radius 3 is 2.53 bits per heavy atom. The van der Waals surface area contributed by atoms with E-state index < -0.39 is 0 Å². The zero-order chi connectivity index (χ0) is 11.7. The van der Waals surface area contributed by atoms with Gasteiger partial charge in [-0.1, -0.05) is 37.3 Å². The number of nitrogens with zero attached hydrogens (tertiary/aromatic N) is 1. The average Bonchev–Trinajstić information content (AvgIpc) is 2.82. The van der Waals surface area contributed by atoms with Crippen LogP contribution in [0.5, 0.6) is 0 Å². The van der Waals surface area contributed by atoms with Gasteiger partial charge in [0.05, 0.1) is 0 Å². The predicted octanol–water partition coefficient (Wildman–Crippen LogP) is 4.17. The maximum absolute atomic E-state index is 2.26. The third kappa shape index (κ3) is 1.84. The van der Waals surface area contributed by atoms with E-state index in [4.69, 9.17) is 0 Å². The monoisotopic (exact) mass is 221 g/mol. The summed E-state index contributed by atoms with van der Waals surface area (Å²) in [6, 6.07) is 17.2. The summed E-state index contributed by atoms with van der Waals surface area (Å²) in [7, 11) is 0. The molecule has 0 amide bonds. The van der Waals surface area contributed by atoms with Gasteiger partial charge in [0.2, 0.25) is 0 Å². The van der Waals surface area contributed by atoms with Crippen LogP contribution in [-0.2, 0) is 6.42 Å². The second-order valence-corrected chi connectivity index (χ2v) is 4.32. The Morgan fingerprint density at radius 2 is 1.76 bits per heavy atom. The summed E-state index contributed by atoms with van der Waals surface area (Å²) in [5.74, 6) is 0. The Bertz CT molecular complexity index is 635. The standard InChI is InChI=1S/C16H15N/c1-2-13-8-9-17-12-15(11-16(17)10-13)14-6-4-3-5-7-14/h3-12H,2H2,1H3. The molecule has 0 aliphatic carbocycles. The van der Waals surface area contributed by atoms with E-state index in [0.29, 0.717) is 0 Å². The Kier molecular flexibility index (Phi) is 2.45. The fourth-order valence-corrected chi connectivity index (χ4v) is 2.16. The van der Waals surface area contributed by atoms with Crippen molar-refractivity contribution in [2.24, 2.45) is 0 Å². The lowest BCUT2D eigenvalue weighted by Crippen LogP contribution is -1.84. The van der Waals surface area contributed by atoms with E-state index in [2.05, 4.69) is 72.2 Å². The van der Waals surface area contributed by atoms with Crippen molar-refractivity contribution in [3.8, 4) is 11.1 Å². The summed E-state index contributed by atoms with van der Waals surface area (Å²) in [4.78, 5) is 0. The molecule has 3 aromatic rings. The lowest BCUT2D eigenvalue weighted by Gasteiger charge is -1.97. The highest BCUT2D eigenvalue weighted by molar-refractivity contribution is 5.70. The number of benzene rings is 1. The number of aryl methyl sites for hydroxylation is 1. The van der Waals surface area contributed by atoms with Gasteiger partial charge in [-0.25, -0.2) is 0 Å². The van der Waals surface area contributed by atoms with Crippen LogP contribution in [0.4, 0.5) is 0 Å². The molecule has 2 aromatic heterocycles. The molecule has 0 aliphatic heterocycles. The molecule has 1 heteroatoms. The first kappa shape index (κ1) is 10.2. The Morgan fingerprint density at radius 1 is 0.941 bits per heavy atom. The fraction of sp³-hybridized carbons (Fsp3) is 0.125. The predicted molar refractivity (Wildman–Crippen MR) is 72.2 cm³/mol. The van der Waals surface area contributed by atoms with Gasteiger partial charge in [-0.15, -0.1) is 0 Å². The third-order valence-corrected chi connectivity index (χ3v) is 3.18. The van der Waals surface area contributed by atoms with Crippen LogP contribution >= 0.6 is 0 Å². The zero-order valence-electron chi connectivity index (χ0n) is 9.93. The van der Waals surface area contributed by atoms with E-state index in [-0.39, 0.29) is 0 Å². The van der Waals surface area contributed by atoms with Crippen LogP contribution in [0.2, 0.25) is 0 Å². The van der Waals surface area contributed by atoms with Crippen molar-refractivity contribution in [2.45, 2.75) is 13.3 Å². The number of aromatic nitrogens is 1. The molecule has 84 valence electrons. The van der Waals surface area contributed by atoms with E-state index in [1.165, 1.54) is 22.2 Å². The minimum absolute atomic E-state index is 1.09. The molecule has 0 radical (unpaired) electrons. The highest BCUT2D eigenvalue weighted by atomic mass is 14.8. The van der Waals surface area contributed by atoms with Crippen LogP contribution in [0.1, 0.15) is 12.5 Å². The van der Waals surface area contributed by atoms with Gasteiger partial charge in [0.25, 0.3) is 0 Å². The number of pyridine rings is 1. The molecule has 0 saturated carbocycles. The minimum atomic E-state index is 1.09. The molecule has 0 spiro atoms. The minimum Gasteiger partial charge on any atom is -0.323 e. The average molecular weight is 221 g/mol. The van der Waals surface area contributed by atoms with Crippen molar-refractivity contribution in [2.75, 3.05) is 0 Å². The molecular formula is C16H15N. The van der Waals surface area contributed by atoms with Crippen LogP contribution in [-0.4, -0.2) is 4.40 Å². The SMILES string of the molecule is CCc1ccn2cc(-c3ccccc3)cc2c1. The molecule has 0 fully saturated rings. The van der Waals surface area contributed by atoms with Gasteiger partial charge in [0.15, 0.2) is 0 Å². The summed E-state index contributed by atoms with van der Waals surface area (Å²) < 4.78 is 2.18. The molecule has 17 heavy (non-hydrogen) atoms. The molecule has 0 N–H and O–H groups in total. The Hall–Kier alpha value is -2.02. The summed E-state index contributed by atoms with van der Waals surface area (Å²) in [6.07, 6.45) is 5.41. The molecule has 0 atom stereocenters. The molecule has 0 bridgehead atoms. The quantitative estimate of drug-likeness (QED) is 0.612. The Labute approximate surface area is 101 Å². The maximum Gasteiger partial charge on any atom is 0.0459 e. The van der Waals surface area contributed by atoms with Crippen molar-refractivity contribution in [1.82, 2.24) is 4.40 Å². The van der Waals surface area contributed by atoms with Crippen LogP contribution < -0.4 is 0 Å². The van der Waals surface area contributed by atoms with Gasteiger partial charge in [-0.3, -0.25) is 0 Å². The van der Waals surface area contributed by atoms with E-state index in [9.17, 15) is 0 Å². The van der Waals surface area contributed by atoms with Crippen LogP contribution in [0, 0.1) is 0 Å². The van der Waals surface area contributed by atoms with Crippen molar-refractivity contribution in [3.05, 3.63) is 66.5 Å². The molecule has 2 heterocycles. The normalized spacial score (nSPS) is 10.9. The summed E-state index contributed by atoms with van der Waals surface area (Å²) in [6.45, 7) is 2.19. The van der Waals surface area contributed by atoms with E-state index in [1.54, 1.807) is 0 Å². The third-order valence-electron chi connectivity index (χ3n) is 3.18. The number of fused-ring (bicyclic) bond motifs is 1. The summed E-state index contributed by atoms with van der Waals surface area (Å²) in [5, 5.41) is 0. The number of rotatable bonds is 2. The van der Waals surface area contributed by atoms with Crippen LogP contribution in [0.15, 0.2) is 60.9 Å². The second kappa shape index (κ2) is 4.10. The fourth-order valence-electron chi connectivity index (χ4n) is 2.16. The Balaban J connectivity index is 2.14. The lowest BCUT2D eigenvalue weighted by molar-refractivity contribution is 1.10. The number of hydrogen-bond acceptors (Lipinski definition) is 0. The topological polar surface area (TPSA) is 4.41 Å². The molecule has 0 aliphatic rings. The molecule has 0 saturated heterocycles. The van der Waals surface area contributed by atoms with Gasteiger partial charge in [0, 0.05) is 23.5 Å². The van der Waals surface area contributed by atoms with Crippen molar-refractivity contribution >= 4 is 5.52 Å². The molecule has 0 unspecified atom stereocenters. The second-order valence-electron chi connectivity index (χ2n) is 4.32. The van der Waals surface area contributed by atoms with Crippen molar-refractivity contribution in [3.63, 3.8) is 0 Å². The highest BCUT2D eigenvalue weighted by Crippen LogP contribution is 2.22.